The highest BCUT2D eigenvalue weighted by Crippen LogP contribution is 2.59. The minimum Gasteiger partial charge on any atom is -0.264 e. The highest BCUT2D eigenvalue weighted by atomic mass is 31.1. The van der Waals surface area contributed by atoms with Crippen molar-refractivity contribution >= 4 is 27.8 Å². The second-order valence-electron chi connectivity index (χ2n) is 12.4. The summed E-state index contributed by atoms with van der Waals surface area (Å²) >= 11 is 0. The average Bonchev–Trinajstić information content (AvgIpc) is 2.76. The quantitative estimate of drug-likeness (QED) is 0.343. The molecule has 0 saturated carbocycles. The van der Waals surface area contributed by atoms with Crippen LogP contribution in [-0.2, 0) is 16.7 Å². The number of benzene rings is 1. The lowest BCUT2D eigenvalue weighted by molar-refractivity contribution is 0.139. The first-order chi connectivity index (χ1) is 15.7. The van der Waals surface area contributed by atoms with Crippen LogP contribution in [0, 0.1) is 10.8 Å². The number of nitrogens with zero attached hydrogens (tertiary/aromatic N) is 2. The summed E-state index contributed by atoms with van der Waals surface area (Å²) in [4.78, 5) is 8.94. The van der Waals surface area contributed by atoms with Crippen LogP contribution in [0.2, 0.25) is 0 Å². The van der Waals surface area contributed by atoms with Crippen molar-refractivity contribution in [3.05, 3.63) is 83.9 Å². The molecule has 0 aliphatic carbocycles. The summed E-state index contributed by atoms with van der Waals surface area (Å²) in [5.74, 6) is 0. The second-order valence-corrected chi connectivity index (χ2v) is 15.5. The van der Waals surface area contributed by atoms with Gasteiger partial charge in [0.25, 0.3) is 0 Å². The minimum atomic E-state index is -0.645. The van der Waals surface area contributed by atoms with Crippen LogP contribution in [0.5, 0.6) is 0 Å². The molecule has 0 spiro atoms. The molecule has 1 unspecified atom stereocenters. The van der Waals surface area contributed by atoms with Crippen molar-refractivity contribution in [1.82, 2.24) is 9.97 Å². The van der Waals surface area contributed by atoms with Gasteiger partial charge < -0.3 is 0 Å². The maximum absolute atomic E-state index is 4.47. The minimum absolute atomic E-state index is 0.0548. The second kappa shape index (κ2) is 9.79. The lowest BCUT2D eigenvalue weighted by atomic mass is 9.61. The predicted molar refractivity (Wildman–Crippen MR) is 154 cm³/mol. The Hall–Kier alpha value is -1.62. The number of pyridine rings is 2. The highest BCUT2D eigenvalue weighted by Gasteiger charge is 2.49. The molecule has 1 atom stereocenters. The van der Waals surface area contributed by atoms with Gasteiger partial charge in [-0.3, -0.25) is 9.97 Å². The lowest BCUT2D eigenvalue weighted by Crippen LogP contribution is -2.46. The summed E-state index contributed by atoms with van der Waals surface area (Å²) in [7, 11) is 2.66. The molecule has 182 valence electrons. The molecule has 0 saturated heterocycles. The molecule has 2 aromatic heterocycles. The van der Waals surface area contributed by atoms with Gasteiger partial charge >= 0.3 is 0 Å². The van der Waals surface area contributed by atoms with Crippen molar-refractivity contribution in [2.45, 2.75) is 79.0 Å². The Labute approximate surface area is 211 Å². The van der Waals surface area contributed by atoms with Gasteiger partial charge in [-0.2, -0.15) is 0 Å². The van der Waals surface area contributed by atoms with Crippen molar-refractivity contribution in [1.29, 1.82) is 0 Å². The van der Waals surface area contributed by atoms with E-state index in [1.807, 2.05) is 24.8 Å². The van der Waals surface area contributed by atoms with E-state index in [0.717, 1.165) is 6.16 Å². The Morgan fingerprint density at radius 2 is 1.24 bits per heavy atom. The Bertz CT molecular complexity index is 1040. The van der Waals surface area contributed by atoms with Crippen LogP contribution < -0.4 is 10.6 Å². The molecule has 0 bridgehead atoms. The fourth-order valence-electron chi connectivity index (χ4n) is 5.04. The molecule has 4 heteroatoms. The van der Waals surface area contributed by atoms with E-state index in [1.54, 1.807) is 0 Å². The molecule has 2 nitrogen and oxygen atoms in total. The maximum atomic E-state index is 4.47. The van der Waals surface area contributed by atoms with Gasteiger partial charge in [0, 0.05) is 36.1 Å². The molecule has 34 heavy (non-hydrogen) atoms. The molecule has 0 radical (unpaired) electrons. The van der Waals surface area contributed by atoms with Crippen LogP contribution >= 0.6 is 17.2 Å². The van der Waals surface area contributed by atoms with Crippen LogP contribution in [0.4, 0.5) is 0 Å². The summed E-state index contributed by atoms with van der Waals surface area (Å²) in [5, 5.41) is 2.48. The van der Waals surface area contributed by atoms with Crippen molar-refractivity contribution in [2.75, 3.05) is 0 Å². The first kappa shape index (κ1) is 27.0. The van der Waals surface area contributed by atoms with E-state index in [4.69, 9.17) is 0 Å². The van der Waals surface area contributed by atoms with Gasteiger partial charge in [-0.25, -0.2) is 0 Å². The van der Waals surface area contributed by atoms with Gasteiger partial charge in [0.2, 0.25) is 0 Å². The van der Waals surface area contributed by atoms with E-state index >= 15 is 0 Å². The molecule has 0 aliphatic heterocycles. The van der Waals surface area contributed by atoms with E-state index < -0.39 is 7.92 Å². The fraction of sp³-hybridized carbons (Fsp3) is 0.467. The van der Waals surface area contributed by atoms with Crippen molar-refractivity contribution in [2.24, 2.45) is 10.8 Å². The summed E-state index contributed by atoms with van der Waals surface area (Å²) in [5.41, 5.74) is 4.45. The number of rotatable bonds is 5. The van der Waals surface area contributed by atoms with Crippen LogP contribution in [0.25, 0.3) is 0 Å². The molecule has 3 aromatic rings. The van der Waals surface area contributed by atoms with Gasteiger partial charge in [-0.1, -0.05) is 92.6 Å². The largest absolute Gasteiger partial charge is 0.264 e. The van der Waals surface area contributed by atoms with Crippen molar-refractivity contribution in [3.8, 4) is 0 Å². The molecular formula is C30H42N2P2. The van der Waals surface area contributed by atoms with Gasteiger partial charge in [-0.15, -0.1) is 9.24 Å². The highest BCUT2D eigenvalue weighted by molar-refractivity contribution is 7.72. The zero-order chi connectivity index (χ0) is 25.4. The topological polar surface area (TPSA) is 25.8 Å². The molecule has 0 fully saturated rings. The SMILES string of the molecule is CC(C)(C)c1ccc(C(P)(C(C)(C)C)C(C)(C)C)c(CP(c2cccnc2)c2cccnc2)c1. The summed E-state index contributed by atoms with van der Waals surface area (Å²) < 4.78 is 0. The van der Waals surface area contributed by atoms with Crippen LogP contribution in [0.1, 0.15) is 79.0 Å². The number of hydrogen-bond acceptors (Lipinski definition) is 2. The fourth-order valence-corrected chi connectivity index (χ4v) is 7.53. The average molecular weight is 493 g/mol. The zero-order valence-electron chi connectivity index (χ0n) is 22.5. The van der Waals surface area contributed by atoms with Gasteiger partial charge in [0.05, 0.1) is 0 Å². The predicted octanol–water partition coefficient (Wildman–Crippen LogP) is 7.57. The molecule has 0 N–H and O–H groups in total. The summed E-state index contributed by atoms with van der Waals surface area (Å²) in [6.07, 6.45) is 8.76. The van der Waals surface area contributed by atoms with Crippen molar-refractivity contribution < 1.29 is 0 Å². The third-order valence-corrected chi connectivity index (χ3v) is 11.5. The van der Waals surface area contributed by atoms with Crippen LogP contribution in [0.3, 0.4) is 0 Å². The van der Waals surface area contributed by atoms with Gasteiger partial charge in [0.15, 0.2) is 0 Å². The lowest BCUT2D eigenvalue weighted by Gasteiger charge is -2.52. The van der Waals surface area contributed by atoms with Gasteiger partial charge in [-0.05, 0) is 63.6 Å². The summed E-state index contributed by atoms with van der Waals surface area (Å²) in [6, 6.07) is 15.8. The van der Waals surface area contributed by atoms with E-state index in [0.29, 0.717) is 0 Å². The maximum Gasteiger partial charge on any atom is 0.0348 e. The Balaban J connectivity index is 2.28. The van der Waals surface area contributed by atoms with Gasteiger partial charge in [0.1, 0.15) is 0 Å². The Morgan fingerprint density at radius 1 is 0.735 bits per heavy atom. The van der Waals surface area contributed by atoms with E-state index in [2.05, 4.69) is 124 Å². The first-order valence-electron chi connectivity index (χ1n) is 12.2. The zero-order valence-corrected chi connectivity index (χ0v) is 24.5. The van der Waals surface area contributed by atoms with Crippen molar-refractivity contribution in [3.63, 3.8) is 0 Å². The monoisotopic (exact) mass is 492 g/mol. The third kappa shape index (κ3) is 5.45. The van der Waals surface area contributed by atoms with Crippen LogP contribution in [-0.4, -0.2) is 9.97 Å². The molecule has 1 aromatic carbocycles. The smallest absolute Gasteiger partial charge is 0.0348 e. The first-order valence-corrected chi connectivity index (χ1v) is 14.3. The molecule has 0 aliphatic rings. The molecule has 2 heterocycles. The normalized spacial score (nSPS) is 13.4. The standard InChI is InChI=1S/C30H42N2P2/c1-27(2,3)23-14-15-26(30(33,28(4,5)6)29(7,8)9)22(18-23)21-34(24-12-10-16-31-19-24)25-13-11-17-32-20-25/h10-20H,21,33H2,1-9H3. The molecule has 0 amide bonds. The number of hydrogen-bond donors (Lipinski definition) is 0. The summed E-state index contributed by atoms with van der Waals surface area (Å²) in [6.45, 7) is 21.1. The van der Waals surface area contributed by atoms with Crippen LogP contribution in [0.15, 0.2) is 67.3 Å². The molecule has 3 rings (SSSR count). The van der Waals surface area contributed by atoms with E-state index in [-0.39, 0.29) is 21.4 Å². The van der Waals surface area contributed by atoms with E-state index in [1.165, 1.54) is 27.3 Å². The Kier molecular flexibility index (Phi) is 7.77. The molecular weight excluding hydrogens is 450 g/mol. The van der Waals surface area contributed by atoms with E-state index in [9.17, 15) is 0 Å². The number of aromatic nitrogens is 2. The third-order valence-electron chi connectivity index (χ3n) is 7.01. The Morgan fingerprint density at radius 3 is 1.62 bits per heavy atom.